The molecule has 17 heavy (non-hydrogen) atoms. The van der Waals surface area contributed by atoms with E-state index in [-0.39, 0.29) is 5.91 Å². The van der Waals surface area contributed by atoms with E-state index < -0.39 is 0 Å². The zero-order chi connectivity index (χ0) is 12.8. The van der Waals surface area contributed by atoms with Gasteiger partial charge in [-0.1, -0.05) is 6.07 Å². The molecule has 1 aromatic carbocycles. The van der Waals surface area contributed by atoms with Crippen LogP contribution in [0.1, 0.15) is 29.3 Å². The van der Waals surface area contributed by atoms with E-state index in [9.17, 15) is 4.79 Å². The SMILES string of the molecule is CCN(CCC#N)C(=O)c1ccc(C)cc1N. The first-order chi connectivity index (χ1) is 8.10. The molecule has 0 bridgehead atoms. The maximum atomic E-state index is 12.2. The Bertz CT molecular complexity index is 448. The minimum Gasteiger partial charge on any atom is -0.398 e. The van der Waals surface area contributed by atoms with Crippen molar-refractivity contribution in [1.82, 2.24) is 4.90 Å². The average molecular weight is 231 g/mol. The van der Waals surface area contributed by atoms with Gasteiger partial charge in [0.25, 0.3) is 5.91 Å². The summed E-state index contributed by atoms with van der Waals surface area (Å²) < 4.78 is 0. The Morgan fingerprint density at radius 3 is 2.76 bits per heavy atom. The highest BCUT2D eigenvalue weighted by atomic mass is 16.2. The van der Waals surface area contributed by atoms with Gasteiger partial charge in [0.05, 0.1) is 18.1 Å². The van der Waals surface area contributed by atoms with Crippen LogP contribution in [0.5, 0.6) is 0 Å². The molecule has 0 aliphatic heterocycles. The lowest BCUT2D eigenvalue weighted by Gasteiger charge is -2.20. The van der Waals surface area contributed by atoms with Crippen molar-refractivity contribution in [3.8, 4) is 6.07 Å². The molecule has 0 aromatic heterocycles. The molecule has 4 heteroatoms. The molecule has 2 N–H and O–H groups in total. The number of nitriles is 1. The van der Waals surface area contributed by atoms with E-state index in [1.807, 2.05) is 26.0 Å². The second-order valence-electron chi connectivity index (χ2n) is 3.88. The Morgan fingerprint density at radius 1 is 1.53 bits per heavy atom. The lowest BCUT2D eigenvalue weighted by atomic mass is 10.1. The Kier molecular flexibility index (Phi) is 4.53. The summed E-state index contributed by atoms with van der Waals surface area (Å²) in [5, 5.41) is 8.54. The molecule has 0 unspecified atom stereocenters. The molecule has 0 aliphatic carbocycles. The standard InChI is InChI=1S/C13H17N3O/c1-3-16(8-4-7-14)13(17)11-6-5-10(2)9-12(11)15/h5-6,9H,3-4,8,15H2,1-2H3. The molecule has 0 saturated carbocycles. The van der Waals surface area contributed by atoms with Gasteiger partial charge in [-0.25, -0.2) is 0 Å². The van der Waals surface area contributed by atoms with Crippen molar-refractivity contribution >= 4 is 11.6 Å². The van der Waals surface area contributed by atoms with Crippen molar-refractivity contribution in [3.05, 3.63) is 29.3 Å². The van der Waals surface area contributed by atoms with E-state index in [0.29, 0.717) is 30.8 Å². The highest BCUT2D eigenvalue weighted by molar-refractivity contribution is 5.99. The van der Waals surface area contributed by atoms with Gasteiger partial charge in [0.2, 0.25) is 0 Å². The Balaban J connectivity index is 2.90. The molecule has 0 atom stereocenters. The lowest BCUT2D eigenvalue weighted by molar-refractivity contribution is 0.0769. The molecule has 1 aromatic rings. The number of aryl methyl sites for hydroxylation is 1. The molecule has 0 radical (unpaired) electrons. The van der Waals surface area contributed by atoms with E-state index in [1.165, 1.54) is 0 Å². The molecule has 0 fully saturated rings. The van der Waals surface area contributed by atoms with E-state index in [2.05, 4.69) is 0 Å². The molecule has 0 heterocycles. The highest BCUT2D eigenvalue weighted by Gasteiger charge is 2.16. The molecule has 0 aliphatic rings. The molecular formula is C13H17N3O. The zero-order valence-electron chi connectivity index (χ0n) is 10.2. The van der Waals surface area contributed by atoms with Gasteiger partial charge in [0.15, 0.2) is 0 Å². The minimum absolute atomic E-state index is 0.111. The second kappa shape index (κ2) is 5.90. The average Bonchev–Trinajstić information content (AvgIpc) is 2.29. The van der Waals surface area contributed by atoms with Gasteiger partial charge in [-0.2, -0.15) is 5.26 Å². The number of carbonyl (C=O) groups is 1. The minimum atomic E-state index is -0.111. The van der Waals surface area contributed by atoms with Crippen LogP contribution in [0.15, 0.2) is 18.2 Å². The van der Waals surface area contributed by atoms with Crippen molar-refractivity contribution in [3.63, 3.8) is 0 Å². The topological polar surface area (TPSA) is 70.1 Å². The van der Waals surface area contributed by atoms with Crippen LogP contribution >= 0.6 is 0 Å². The van der Waals surface area contributed by atoms with Gasteiger partial charge < -0.3 is 10.6 Å². The van der Waals surface area contributed by atoms with Gasteiger partial charge in [-0.05, 0) is 31.5 Å². The maximum Gasteiger partial charge on any atom is 0.255 e. The fourth-order valence-corrected chi connectivity index (χ4v) is 1.64. The number of hydrogen-bond donors (Lipinski definition) is 1. The van der Waals surface area contributed by atoms with Crippen LogP contribution in [0.3, 0.4) is 0 Å². The summed E-state index contributed by atoms with van der Waals surface area (Å²) in [6.07, 6.45) is 0.339. The maximum absolute atomic E-state index is 12.2. The van der Waals surface area contributed by atoms with Gasteiger partial charge in [0, 0.05) is 18.8 Å². The molecule has 1 amide bonds. The smallest absolute Gasteiger partial charge is 0.255 e. The highest BCUT2D eigenvalue weighted by Crippen LogP contribution is 2.16. The quantitative estimate of drug-likeness (QED) is 0.805. The fraction of sp³-hybridized carbons (Fsp3) is 0.385. The van der Waals surface area contributed by atoms with Crippen LogP contribution in [0.4, 0.5) is 5.69 Å². The number of carbonyl (C=O) groups excluding carboxylic acids is 1. The third-order valence-corrected chi connectivity index (χ3v) is 2.60. The van der Waals surface area contributed by atoms with Gasteiger partial charge in [-0.3, -0.25) is 4.79 Å². The third-order valence-electron chi connectivity index (χ3n) is 2.60. The number of rotatable bonds is 4. The molecular weight excluding hydrogens is 214 g/mol. The van der Waals surface area contributed by atoms with Crippen molar-refractivity contribution in [2.45, 2.75) is 20.3 Å². The number of nitrogens with two attached hydrogens (primary N) is 1. The zero-order valence-corrected chi connectivity index (χ0v) is 10.2. The van der Waals surface area contributed by atoms with Crippen LogP contribution in [0.25, 0.3) is 0 Å². The third kappa shape index (κ3) is 3.22. The number of amides is 1. The summed E-state index contributed by atoms with van der Waals surface area (Å²) in [6.45, 7) is 4.84. The number of nitrogen functional groups attached to an aromatic ring is 1. The molecule has 1 rings (SSSR count). The number of benzene rings is 1. The Labute approximate surface area is 102 Å². The molecule has 4 nitrogen and oxygen atoms in total. The summed E-state index contributed by atoms with van der Waals surface area (Å²) in [4.78, 5) is 13.8. The first-order valence-corrected chi connectivity index (χ1v) is 5.62. The van der Waals surface area contributed by atoms with E-state index in [4.69, 9.17) is 11.0 Å². The molecule has 0 saturated heterocycles. The van der Waals surface area contributed by atoms with Crippen LogP contribution in [-0.4, -0.2) is 23.9 Å². The summed E-state index contributed by atoms with van der Waals surface area (Å²) in [7, 11) is 0. The molecule has 90 valence electrons. The number of hydrogen-bond acceptors (Lipinski definition) is 3. The van der Waals surface area contributed by atoms with Gasteiger partial charge in [-0.15, -0.1) is 0 Å². The van der Waals surface area contributed by atoms with Gasteiger partial charge in [0.1, 0.15) is 0 Å². The largest absolute Gasteiger partial charge is 0.398 e. The van der Waals surface area contributed by atoms with E-state index in [1.54, 1.807) is 17.0 Å². The first kappa shape index (κ1) is 13.0. The monoisotopic (exact) mass is 231 g/mol. The van der Waals surface area contributed by atoms with Crippen LogP contribution in [0, 0.1) is 18.3 Å². The van der Waals surface area contributed by atoms with E-state index in [0.717, 1.165) is 5.56 Å². The summed E-state index contributed by atoms with van der Waals surface area (Å²) in [6, 6.07) is 7.42. The lowest BCUT2D eigenvalue weighted by Crippen LogP contribution is -2.32. The van der Waals surface area contributed by atoms with Crippen LogP contribution < -0.4 is 5.73 Å². The van der Waals surface area contributed by atoms with E-state index >= 15 is 0 Å². The Morgan fingerprint density at radius 2 is 2.24 bits per heavy atom. The second-order valence-corrected chi connectivity index (χ2v) is 3.88. The predicted octanol–water partition coefficient (Wildman–Crippen LogP) is 1.95. The van der Waals surface area contributed by atoms with Crippen molar-refractivity contribution < 1.29 is 4.79 Å². The van der Waals surface area contributed by atoms with Gasteiger partial charge >= 0.3 is 0 Å². The summed E-state index contributed by atoms with van der Waals surface area (Å²) in [5.41, 5.74) is 7.86. The number of anilines is 1. The first-order valence-electron chi connectivity index (χ1n) is 5.62. The fourth-order valence-electron chi connectivity index (χ4n) is 1.64. The van der Waals surface area contributed by atoms with Crippen molar-refractivity contribution in [2.75, 3.05) is 18.8 Å². The van der Waals surface area contributed by atoms with Crippen LogP contribution in [-0.2, 0) is 0 Å². The summed E-state index contributed by atoms with van der Waals surface area (Å²) in [5.74, 6) is -0.111. The normalized spacial score (nSPS) is 9.71. The summed E-state index contributed by atoms with van der Waals surface area (Å²) >= 11 is 0. The molecule has 0 spiro atoms. The van der Waals surface area contributed by atoms with Crippen molar-refractivity contribution in [1.29, 1.82) is 5.26 Å². The Hall–Kier alpha value is -2.02. The number of nitrogens with zero attached hydrogens (tertiary/aromatic N) is 2. The van der Waals surface area contributed by atoms with Crippen molar-refractivity contribution in [2.24, 2.45) is 0 Å². The van der Waals surface area contributed by atoms with Crippen LogP contribution in [0.2, 0.25) is 0 Å². The predicted molar refractivity (Wildman–Crippen MR) is 67.4 cm³/mol.